The molecule has 0 saturated carbocycles. The van der Waals surface area contributed by atoms with E-state index in [0.717, 1.165) is 0 Å². The molecule has 0 aliphatic heterocycles. The Labute approximate surface area is 99.1 Å². The van der Waals surface area contributed by atoms with E-state index >= 15 is 0 Å². The molecule has 1 aromatic rings. The Bertz CT molecular complexity index is 420. The zero-order valence-electron chi connectivity index (χ0n) is 9.59. The van der Waals surface area contributed by atoms with Gasteiger partial charge in [0.15, 0.2) is 0 Å². The lowest BCUT2D eigenvalue weighted by Gasteiger charge is -2.16. The Balaban J connectivity index is 2.81. The highest BCUT2D eigenvalue weighted by Gasteiger charge is 2.13. The van der Waals surface area contributed by atoms with Crippen LogP contribution in [-0.4, -0.2) is 47.0 Å². The fourth-order valence-electron chi connectivity index (χ4n) is 1.33. The normalized spacial score (nSPS) is 10.0. The van der Waals surface area contributed by atoms with Gasteiger partial charge in [0, 0.05) is 32.0 Å². The predicted molar refractivity (Wildman–Crippen MR) is 61.4 cm³/mol. The molecule has 0 spiro atoms. The van der Waals surface area contributed by atoms with Gasteiger partial charge in [0.05, 0.1) is 0 Å². The van der Waals surface area contributed by atoms with Crippen molar-refractivity contribution in [2.75, 3.05) is 20.2 Å². The third-order valence-corrected chi connectivity index (χ3v) is 2.26. The molecule has 0 aliphatic rings. The second-order valence-corrected chi connectivity index (χ2v) is 3.60. The number of amides is 2. The number of aromatic nitrogens is 1. The van der Waals surface area contributed by atoms with Crippen LogP contribution in [0.2, 0.25) is 0 Å². The van der Waals surface area contributed by atoms with E-state index in [-0.39, 0.29) is 18.2 Å². The number of rotatable bonds is 5. The van der Waals surface area contributed by atoms with Crippen LogP contribution < -0.4 is 5.73 Å². The van der Waals surface area contributed by atoms with Crippen molar-refractivity contribution in [3.05, 3.63) is 29.6 Å². The number of hydrogen-bond acceptors (Lipinski definition) is 4. The SMILES string of the molecule is CN(CCCO)C(=O)c1ccnc(C(N)=O)c1. The van der Waals surface area contributed by atoms with Crippen LogP contribution >= 0.6 is 0 Å². The second kappa shape index (κ2) is 5.95. The maximum Gasteiger partial charge on any atom is 0.267 e. The first kappa shape index (κ1) is 13.1. The number of primary amides is 1. The third kappa shape index (κ3) is 3.53. The lowest BCUT2D eigenvalue weighted by Crippen LogP contribution is -2.28. The Morgan fingerprint density at radius 1 is 1.53 bits per heavy atom. The maximum atomic E-state index is 11.9. The Kier molecular flexibility index (Phi) is 4.59. The molecule has 92 valence electrons. The Hall–Kier alpha value is -1.95. The summed E-state index contributed by atoms with van der Waals surface area (Å²) in [7, 11) is 1.63. The number of pyridine rings is 1. The van der Waals surface area contributed by atoms with Gasteiger partial charge in [-0.1, -0.05) is 0 Å². The molecule has 0 fully saturated rings. The number of aliphatic hydroxyl groups excluding tert-OH is 1. The first-order valence-electron chi connectivity index (χ1n) is 5.18. The largest absolute Gasteiger partial charge is 0.396 e. The van der Waals surface area contributed by atoms with Crippen LogP contribution in [0.4, 0.5) is 0 Å². The molecular weight excluding hydrogens is 222 g/mol. The molecule has 0 atom stereocenters. The summed E-state index contributed by atoms with van der Waals surface area (Å²) in [5.41, 5.74) is 5.50. The summed E-state index contributed by atoms with van der Waals surface area (Å²) < 4.78 is 0. The van der Waals surface area contributed by atoms with Gasteiger partial charge in [-0.05, 0) is 18.6 Å². The summed E-state index contributed by atoms with van der Waals surface area (Å²) in [5, 5.41) is 8.68. The van der Waals surface area contributed by atoms with Crippen molar-refractivity contribution in [1.82, 2.24) is 9.88 Å². The van der Waals surface area contributed by atoms with Gasteiger partial charge >= 0.3 is 0 Å². The third-order valence-electron chi connectivity index (χ3n) is 2.26. The summed E-state index contributed by atoms with van der Waals surface area (Å²) in [5.74, 6) is -0.902. The van der Waals surface area contributed by atoms with Crippen molar-refractivity contribution < 1.29 is 14.7 Å². The van der Waals surface area contributed by atoms with Gasteiger partial charge in [-0.2, -0.15) is 0 Å². The minimum Gasteiger partial charge on any atom is -0.396 e. The van der Waals surface area contributed by atoms with Gasteiger partial charge in [-0.15, -0.1) is 0 Å². The van der Waals surface area contributed by atoms with Gasteiger partial charge in [0.2, 0.25) is 0 Å². The number of carbonyl (C=O) groups is 2. The van der Waals surface area contributed by atoms with Gasteiger partial charge in [0.25, 0.3) is 11.8 Å². The van der Waals surface area contributed by atoms with Crippen LogP contribution in [-0.2, 0) is 0 Å². The van der Waals surface area contributed by atoms with Crippen LogP contribution in [0.15, 0.2) is 18.3 Å². The van der Waals surface area contributed by atoms with Crippen molar-refractivity contribution in [2.24, 2.45) is 5.73 Å². The smallest absolute Gasteiger partial charge is 0.267 e. The summed E-state index contributed by atoms with van der Waals surface area (Å²) >= 11 is 0. The van der Waals surface area contributed by atoms with E-state index in [1.54, 1.807) is 7.05 Å². The molecule has 6 nitrogen and oxygen atoms in total. The molecule has 1 aromatic heterocycles. The van der Waals surface area contributed by atoms with Gasteiger partial charge in [0.1, 0.15) is 5.69 Å². The average Bonchev–Trinajstić information content (AvgIpc) is 2.35. The van der Waals surface area contributed by atoms with E-state index in [4.69, 9.17) is 10.8 Å². The Morgan fingerprint density at radius 3 is 2.82 bits per heavy atom. The van der Waals surface area contributed by atoms with Crippen LogP contribution in [0.3, 0.4) is 0 Å². The molecule has 17 heavy (non-hydrogen) atoms. The van der Waals surface area contributed by atoms with Gasteiger partial charge < -0.3 is 15.7 Å². The monoisotopic (exact) mass is 237 g/mol. The zero-order valence-corrected chi connectivity index (χ0v) is 9.59. The van der Waals surface area contributed by atoms with E-state index in [2.05, 4.69) is 4.98 Å². The molecule has 3 N–H and O–H groups in total. The highest BCUT2D eigenvalue weighted by molar-refractivity contribution is 5.97. The molecule has 0 aliphatic carbocycles. The topological polar surface area (TPSA) is 96.5 Å². The van der Waals surface area contributed by atoms with Crippen LogP contribution in [0.1, 0.15) is 27.3 Å². The molecule has 0 saturated heterocycles. The van der Waals surface area contributed by atoms with Crippen molar-refractivity contribution >= 4 is 11.8 Å². The lowest BCUT2D eigenvalue weighted by molar-refractivity contribution is 0.0786. The molecule has 0 bridgehead atoms. The van der Waals surface area contributed by atoms with E-state index in [1.165, 1.54) is 23.2 Å². The lowest BCUT2D eigenvalue weighted by atomic mass is 10.2. The van der Waals surface area contributed by atoms with E-state index in [9.17, 15) is 9.59 Å². The molecule has 0 radical (unpaired) electrons. The quantitative estimate of drug-likeness (QED) is 0.730. The molecule has 0 aromatic carbocycles. The fourth-order valence-corrected chi connectivity index (χ4v) is 1.33. The number of nitrogens with zero attached hydrogens (tertiary/aromatic N) is 2. The molecule has 2 amide bonds. The molecule has 1 heterocycles. The highest BCUT2D eigenvalue weighted by Crippen LogP contribution is 2.05. The number of carbonyl (C=O) groups excluding carboxylic acids is 2. The minimum absolute atomic E-state index is 0.0283. The van der Waals surface area contributed by atoms with Gasteiger partial charge in [-0.3, -0.25) is 14.6 Å². The summed E-state index contributed by atoms with van der Waals surface area (Å²) in [6.07, 6.45) is 1.88. The second-order valence-electron chi connectivity index (χ2n) is 3.60. The van der Waals surface area contributed by atoms with Crippen molar-refractivity contribution in [3.63, 3.8) is 0 Å². The van der Waals surface area contributed by atoms with E-state index in [1.807, 2.05) is 0 Å². The van der Waals surface area contributed by atoms with Crippen molar-refractivity contribution in [2.45, 2.75) is 6.42 Å². The zero-order chi connectivity index (χ0) is 12.8. The molecular formula is C11H15N3O3. The van der Waals surface area contributed by atoms with E-state index < -0.39 is 5.91 Å². The fraction of sp³-hybridized carbons (Fsp3) is 0.364. The minimum atomic E-state index is -0.669. The molecule has 6 heteroatoms. The summed E-state index contributed by atoms with van der Waals surface area (Å²) in [6.45, 7) is 0.476. The number of aliphatic hydroxyl groups is 1. The number of nitrogens with two attached hydrogens (primary N) is 1. The van der Waals surface area contributed by atoms with Crippen LogP contribution in [0.5, 0.6) is 0 Å². The highest BCUT2D eigenvalue weighted by atomic mass is 16.3. The van der Waals surface area contributed by atoms with Crippen molar-refractivity contribution in [3.8, 4) is 0 Å². The maximum absolute atomic E-state index is 11.9. The van der Waals surface area contributed by atoms with Gasteiger partial charge in [-0.25, -0.2) is 0 Å². The number of hydrogen-bond donors (Lipinski definition) is 2. The van der Waals surface area contributed by atoms with Crippen molar-refractivity contribution in [1.29, 1.82) is 0 Å². The first-order chi connectivity index (χ1) is 8.06. The van der Waals surface area contributed by atoms with E-state index in [0.29, 0.717) is 18.5 Å². The Morgan fingerprint density at radius 2 is 2.24 bits per heavy atom. The average molecular weight is 237 g/mol. The summed E-state index contributed by atoms with van der Waals surface area (Å²) in [6, 6.07) is 2.88. The molecule has 1 rings (SSSR count). The predicted octanol–water partition coefficient (Wildman–Crippen LogP) is -0.365. The first-order valence-corrected chi connectivity index (χ1v) is 5.18. The standard InChI is InChI=1S/C11H15N3O3/c1-14(5-2-6-15)11(17)8-3-4-13-9(7-8)10(12)16/h3-4,7,15H,2,5-6H2,1H3,(H2,12,16). The van der Waals surface area contributed by atoms with Crippen LogP contribution in [0.25, 0.3) is 0 Å². The van der Waals surface area contributed by atoms with Crippen LogP contribution in [0, 0.1) is 0 Å². The molecule has 0 unspecified atom stereocenters. The summed E-state index contributed by atoms with van der Waals surface area (Å²) in [4.78, 5) is 28.0.